The second-order valence-electron chi connectivity index (χ2n) is 7.19. The zero-order valence-electron chi connectivity index (χ0n) is 16.5. The summed E-state index contributed by atoms with van der Waals surface area (Å²) in [5, 5.41) is 14.3. The van der Waals surface area contributed by atoms with Crippen LogP contribution in [0.3, 0.4) is 0 Å². The van der Waals surface area contributed by atoms with Crippen LogP contribution in [0.15, 0.2) is 26.6 Å². The molecule has 11 heteroatoms. The van der Waals surface area contributed by atoms with Crippen molar-refractivity contribution in [3.05, 3.63) is 49.0 Å². The summed E-state index contributed by atoms with van der Waals surface area (Å²) in [6, 6.07) is 4.11. The number of fused-ring (bicyclic) bond motifs is 3. The van der Waals surface area contributed by atoms with Gasteiger partial charge in [-0.1, -0.05) is 29.2 Å². The van der Waals surface area contributed by atoms with E-state index >= 15 is 0 Å². The van der Waals surface area contributed by atoms with Crippen LogP contribution in [0.5, 0.6) is 0 Å². The number of rotatable bonds is 7. The van der Waals surface area contributed by atoms with E-state index in [0.717, 1.165) is 39.6 Å². The molecule has 4 aromatic rings. The van der Waals surface area contributed by atoms with Crippen molar-refractivity contribution in [2.45, 2.75) is 48.6 Å². The third-order valence-corrected chi connectivity index (χ3v) is 9.30. The smallest absolute Gasteiger partial charge is 0.259 e. The molecule has 2 N–H and O–H groups in total. The van der Waals surface area contributed by atoms with E-state index in [0.29, 0.717) is 17.4 Å². The van der Waals surface area contributed by atoms with Crippen molar-refractivity contribution >= 4 is 67.0 Å². The van der Waals surface area contributed by atoms with Gasteiger partial charge in [-0.3, -0.25) is 9.59 Å². The lowest BCUT2D eigenvalue weighted by molar-refractivity contribution is -0.116. The minimum absolute atomic E-state index is 0.0867. The van der Waals surface area contributed by atoms with Gasteiger partial charge < -0.3 is 10.3 Å². The third kappa shape index (κ3) is 4.74. The highest BCUT2D eigenvalue weighted by molar-refractivity contribution is 8.00. The highest BCUT2D eigenvalue weighted by Gasteiger charge is 2.20. The molecule has 0 bridgehead atoms. The Bertz CT molecular complexity index is 1270. The predicted octanol–water partition coefficient (Wildman–Crippen LogP) is 4.64. The number of hydrogen-bond donors (Lipinski definition) is 2. The SMILES string of the molecule is O=C(CCc1nc2sc3c(c2c(=O)[nH]1)CCCC3)Nc1nnc(SCc2cccs2)s1. The number of aromatic nitrogens is 4. The maximum Gasteiger partial charge on any atom is 0.259 e. The number of hydrogen-bond acceptors (Lipinski definition) is 9. The summed E-state index contributed by atoms with van der Waals surface area (Å²) in [7, 11) is 0. The lowest BCUT2D eigenvalue weighted by atomic mass is 9.97. The summed E-state index contributed by atoms with van der Waals surface area (Å²) >= 11 is 6.30. The molecule has 1 amide bonds. The summed E-state index contributed by atoms with van der Waals surface area (Å²) in [6.45, 7) is 0. The second kappa shape index (κ2) is 9.19. The fourth-order valence-electron chi connectivity index (χ4n) is 3.59. The molecule has 0 saturated heterocycles. The Labute approximate surface area is 194 Å². The Balaban J connectivity index is 1.19. The molecule has 0 unspecified atom stereocenters. The van der Waals surface area contributed by atoms with Gasteiger partial charge >= 0.3 is 0 Å². The van der Waals surface area contributed by atoms with Crippen LogP contribution in [0.2, 0.25) is 0 Å². The maximum absolute atomic E-state index is 12.6. The quantitative estimate of drug-likeness (QED) is 0.290. The number of aryl methyl sites for hydroxylation is 3. The van der Waals surface area contributed by atoms with Gasteiger partial charge in [0.15, 0.2) is 4.34 Å². The predicted molar refractivity (Wildman–Crippen MR) is 128 cm³/mol. The first-order chi connectivity index (χ1) is 15.2. The van der Waals surface area contributed by atoms with Gasteiger partial charge in [-0.05, 0) is 42.7 Å². The minimum Gasteiger partial charge on any atom is -0.310 e. The number of H-pyrrole nitrogens is 1. The number of anilines is 1. The first kappa shape index (κ1) is 20.8. The molecule has 160 valence electrons. The molecule has 1 aliphatic rings. The molecule has 4 aromatic heterocycles. The number of aromatic amines is 1. The zero-order valence-corrected chi connectivity index (χ0v) is 19.7. The van der Waals surface area contributed by atoms with Crippen LogP contribution in [-0.4, -0.2) is 26.1 Å². The number of amides is 1. The molecule has 0 radical (unpaired) electrons. The lowest BCUT2D eigenvalue weighted by Gasteiger charge is -2.09. The Hall–Kier alpha value is -2.08. The molecule has 0 atom stereocenters. The molecule has 0 aliphatic heterocycles. The number of thioether (sulfide) groups is 1. The van der Waals surface area contributed by atoms with E-state index in [1.54, 1.807) is 34.4 Å². The van der Waals surface area contributed by atoms with Crippen LogP contribution in [0, 0.1) is 0 Å². The summed E-state index contributed by atoms with van der Waals surface area (Å²) in [5.41, 5.74) is 1.09. The van der Waals surface area contributed by atoms with Crippen LogP contribution in [0.25, 0.3) is 10.2 Å². The molecular weight excluding hydrogens is 471 g/mol. The topological polar surface area (TPSA) is 101 Å². The molecular formula is C20H19N5O2S4. The van der Waals surface area contributed by atoms with Gasteiger partial charge in [-0.25, -0.2) is 4.98 Å². The highest BCUT2D eigenvalue weighted by atomic mass is 32.2. The van der Waals surface area contributed by atoms with E-state index in [4.69, 9.17) is 0 Å². The van der Waals surface area contributed by atoms with Crippen molar-refractivity contribution in [3.63, 3.8) is 0 Å². The number of nitrogens with zero attached hydrogens (tertiary/aromatic N) is 3. The van der Waals surface area contributed by atoms with Crippen LogP contribution in [-0.2, 0) is 29.8 Å². The number of nitrogens with one attached hydrogen (secondary N) is 2. The van der Waals surface area contributed by atoms with Gasteiger partial charge in [0.25, 0.3) is 5.56 Å². The first-order valence-corrected chi connectivity index (χ1v) is 13.5. The van der Waals surface area contributed by atoms with E-state index in [9.17, 15) is 9.59 Å². The van der Waals surface area contributed by atoms with Crippen molar-refractivity contribution in [1.82, 2.24) is 20.2 Å². The third-order valence-electron chi connectivity index (χ3n) is 5.03. The van der Waals surface area contributed by atoms with Crippen molar-refractivity contribution in [2.24, 2.45) is 0 Å². The van der Waals surface area contributed by atoms with Crippen LogP contribution in [0.1, 0.15) is 40.4 Å². The lowest BCUT2D eigenvalue weighted by Crippen LogP contribution is -2.16. The minimum atomic E-state index is -0.167. The molecule has 0 fully saturated rings. The van der Waals surface area contributed by atoms with Crippen molar-refractivity contribution in [3.8, 4) is 0 Å². The largest absolute Gasteiger partial charge is 0.310 e. The van der Waals surface area contributed by atoms with Gasteiger partial charge in [0.1, 0.15) is 10.7 Å². The number of thiophene rings is 2. The monoisotopic (exact) mass is 489 g/mol. The molecule has 0 spiro atoms. The fraction of sp³-hybridized carbons (Fsp3) is 0.350. The normalized spacial score (nSPS) is 13.4. The molecule has 1 aliphatic carbocycles. The van der Waals surface area contributed by atoms with E-state index in [-0.39, 0.29) is 17.9 Å². The second-order valence-corrected chi connectivity index (χ2v) is 11.5. The number of carbonyl (C=O) groups is 1. The van der Waals surface area contributed by atoms with Gasteiger partial charge in [-0.2, -0.15) is 0 Å². The van der Waals surface area contributed by atoms with E-state index in [1.807, 2.05) is 11.4 Å². The van der Waals surface area contributed by atoms with Crippen LogP contribution < -0.4 is 10.9 Å². The molecule has 0 aromatic carbocycles. The molecule has 0 saturated carbocycles. The van der Waals surface area contributed by atoms with Gasteiger partial charge in [0.05, 0.1) is 5.39 Å². The Morgan fingerprint density at radius 3 is 3.00 bits per heavy atom. The van der Waals surface area contributed by atoms with Gasteiger partial charge in [0, 0.05) is 28.3 Å². The average Bonchev–Trinajstić information content (AvgIpc) is 3.50. The van der Waals surface area contributed by atoms with Gasteiger partial charge in [0.2, 0.25) is 11.0 Å². The maximum atomic E-state index is 12.6. The van der Waals surface area contributed by atoms with Crippen molar-refractivity contribution in [2.75, 3.05) is 5.32 Å². The highest BCUT2D eigenvalue weighted by Crippen LogP contribution is 2.33. The zero-order chi connectivity index (χ0) is 21.2. The molecule has 4 heterocycles. The Morgan fingerprint density at radius 2 is 2.13 bits per heavy atom. The van der Waals surface area contributed by atoms with Crippen LogP contribution in [0.4, 0.5) is 5.13 Å². The summed E-state index contributed by atoms with van der Waals surface area (Å²) in [4.78, 5) is 35.8. The molecule has 7 nitrogen and oxygen atoms in total. The summed E-state index contributed by atoms with van der Waals surface area (Å²) in [6.07, 6.45) is 4.88. The molecule has 5 rings (SSSR count). The first-order valence-electron chi connectivity index (χ1n) is 9.97. The van der Waals surface area contributed by atoms with Crippen molar-refractivity contribution in [1.29, 1.82) is 0 Å². The van der Waals surface area contributed by atoms with Gasteiger partial charge in [-0.15, -0.1) is 32.9 Å². The Morgan fingerprint density at radius 1 is 1.23 bits per heavy atom. The standard InChI is InChI=1S/C20H19N5O2S4/c26-15(23-19-24-25-20(31-19)29-10-11-4-3-9-28-11)8-7-14-21-17(27)16-12-5-1-2-6-13(12)30-18(16)22-14/h3-4,9H,1-2,5-8,10H2,(H,21,22,27)(H,23,24,26). The van der Waals surface area contributed by atoms with Crippen molar-refractivity contribution < 1.29 is 4.79 Å². The molecule has 31 heavy (non-hydrogen) atoms. The van der Waals surface area contributed by atoms with E-state index < -0.39 is 0 Å². The summed E-state index contributed by atoms with van der Waals surface area (Å²) < 4.78 is 0.821. The fourth-order valence-corrected chi connectivity index (χ4v) is 7.41. The van der Waals surface area contributed by atoms with Crippen LogP contribution >= 0.6 is 45.8 Å². The summed E-state index contributed by atoms with van der Waals surface area (Å²) in [5.74, 6) is 1.23. The Kier molecular flexibility index (Phi) is 6.17. The van der Waals surface area contributed by atoms with E-state index in [1.165, 1.54) is 33.1 Å². The average molecular weight is 490 g/mol. The van der Waals surface area contributed by atoms with E-state index in [2.05, 4.69) is 31.5 Å². The number of carbonyl (C=O) groups excluding carboxylic acids is 1.